The van der Waals surface area contributed by atoms with Gasteiger partial charge < -0.3 is 9.13 Å². The molecule has 0 spiro atoms. The Labute approximate surface area is 268 Å². The van der Waals surface area contributed by atoms with Crippen LogP contribution in [-0.4, -0.2) is 18.5 Å². The molecular weight excluding hydrogens is 573 g/mol. The number of rotatable bonds is 2. The molecule has 0 aliphatic rings. The van der Waals surface area contributed by atoms with Crippen molar-refractivity contribution in [3.05, 3.63) is 158 Å². The number of pyridine rings is 1. The van der Waals surface area contributed by atoms with E-state index >= 15 is 0 Å². The van der Waals surface area contributed by atoms with E-state index < -0.39 is 0 Å². The standard InChI is InChI=1S/C43H26N4/c1-3-13-27(14-4-1)45-35-20-10-8-18-30(35)32-25-26-38-39(41(32)45)33-24-23-31-29-17-7-11-21-36(29)46(28-15-5-2-6-16-28)42(31)40(33)43-44-34-19-9-12-22-37(34)47(38)43/h1-26H. The molecule has 11 rings (SSSR count). The first-order valence-electron chi connectivity index (χ1n) is 16.1. The first-order valence-corrected chi connectivity index (χ1v) is 16.1. The van der Waals surface area contributed by atoms with E-state index in [4.69, 9.17) is 4.98 Å². The maximum atomic E-state index is 5.39. The van der Waals surface area contributed by atoms with Crippen molar-refractivity contribution in [2.45, 2.75) is 0 Å². The highest BCUT2D eigenvalue weighted by molar-refractivity contribution is 6.32. The highest BCUT2D eigenvalue weighted by Gasteiger charge is 2.24. The average molecular weight is 599 g/mol. The molecule has 0 saturated carbocycles. The predicted molar refractivity (Wildman–Crippen MR) is 196 cm³/mol. The molecule has 4 nitrogen and oxygen atoms in total. The van der Waals surface area contributed by atoms with Gasteiger partial charge in [-0.05, 0) is 60.0 Å². The normalized spacial score (nSPS) is 12.3. The monoisotopic (exact) mass is 598 g/mol. The van der Waals surface area contributed by atoms with Crippen molar-refractivity contribution >= 4 is 82.0 Å². The van der Waals surface area contributed by atoms with Gasteiger partial charge in [0.15, 0.2) is 0 Å². The second kappa shape index (κ2) is 9.09. The summed E-state index contributed by atoms with van der Waals surface area (Å²) in [4.78, 5) is 5.39. The largest absolute Gasteiger partial charge is 0.309 e. The van der Waals surface area contributed by atoms with E-state index in [9.17, 15) is 0 Å². The second-order valence-electron chi connectivity index (χ2n) is 12.4. The van der Waals surface area contributed by atoms with Crippen LogP contribution in [0, 0.1) is 0 Å². The Morgan fingerprint density at radius 2 is 0.830 bits per heavy atom. The average Bonchev–Trinajstić information content (AvgIpc) is 3.80. The van der Waals surface area contributed by atoms with Gasteiger partial charge in [-0.3, -0.25) is 4.40 Å². The Balaban J connectivity index is 1.50. The van der Waals surface area contributed by atoms with E-state index in [2.05, 4.69) is 171 Å². The molecule has 218 valence electrons. The molecule has 4 aromatic heterocycles. The van der Waals surface area contributed by atoms with Gasteiger partial charge in [0, 0.05) is 38.3 Å². The number of hydrogen-bond donors (Lipinski definition) is 0. The Kier molecular flexibility index (Phi) is 4.81. The Morgan fingerprint density at radius 3 is 1.47 bits per heavy atom. The summed E-state index contributed by atoms with van der Waals surface area (Å²) in [6.07, 6.45) is 0. The molecule has 11 aromatic rings. The van der Waals surface area contributed by atoms with Crippen LogP contribution in [0.15, 0.2) is 158 Å². The van der Waals surface area contributed by atoms with Gasteiger partial charge in [0.25, 0.3) is 0 Å². The molecule has 0 bridgehead atoms. The smallest absolute Gasteiger partial charge is 0.148 e. The molecule has 0 unspecified atom stereocenters. The summed E-state index contributed by atoms with van der Waals surface area (Å²) < 4.78 is 7.28. The number of hydrogen-bond acceptors (Lipinski definition) is 1. The van der Waals surface area contributed by atoms with Gasteiger partial charge in [-0.25, -0.2) is 4.98 Å². The second-order valence-corrected chi connectivity index (χ2v) is 12.4. The van der Waals surface area contributed by atoms with Crippen LogP contribution in [0.3, 0.4) is 0 Å². The lowest BCUT2D eigenvalue weighted by molar-refractivity contribution is 1.18. The fourth-order valence-electron chi connectivity index (χ4n) is 8.12. The van der Waals surface area contributed by atoms with Crippen molar-refractivity contribution in [1.82, 2.24) is 18.5 Å². The van der Waals surface area contributed by atoms with Crippen molar-refractivity contribution in [3.8, 4) is 11.4 Å². The first kappa shape index (κ1) is 24.9. The number of nitrogens with zero attached hydrogens (tertiary/aromatic N) is 4. The lowest BCUT2D eigenvalue weighted by atomic mass is 10.00. The van der Waals surface area contributed by atoms with Gasteiger partial charge >= 0.3 is 0 Å². The van der Waals surface area contributed by atoms with Crippen LogP contribution in [0.25, 0.3) is 93.3 Å². The highest BCUT2D eigenvalue weighted by atomic mass is 15.0. The van der Waals surface area contributed by atoms with Crippen LogP contribution >= 0.6 is 0 Å². The number of imidazole rings is 1. The summed E-state index contributed by atoms with van der Waals surface area (Å²) in [5, 5.41) is 8.52. The summed E-state index contributed by atoms with van der Waals surface area (Å²) in [5.41, 5.74) is 11.3. The zero-order valence-corrected chi connectivity index (χ0v) is 25.3. The minimum atomic E-state index is 0.973. The molecular formula is C43H26N4. The van der Waals surface area contributed by atoms with E-state index in [1.807, 2.05) is 0 Å². The van der Waals surface area contributed by atoms with Crippen LogP contribution in [0.5, 0.6) is 0 Å². The Bertz CT molecular complexity index is 3050. The van der Waals surface area contributed by atoms with E-state index in [1.54, 1.807) is 0 Å². The number of para-hydroxylation sites is 6. The van der Waals surface area contributed by atoms with E-state index in [0.717, 1.165) is 39.0 Å². The van der Waals surface area contributed by atoms with Crippen molar-refractivity contribution < 1.29 is 0 Å². The lowest BCUT2D eigenvalue weighted by Gasteiger charge is -2.16. The molecule has 0 amide bonds. The summed E-state index contributed by atoms with van der Waals surface area (Å²) in [6.45, 7) is 0. The molecule has 0 N–H and O–H groups in total. The molecule has 0 aliphatic heterocycles. The molecule has 7 aromatic carbocycles. The lowest BCUT2D eigenvalue weighted by Crippen LogP contribution is -1.99. The minimum absolute atomic E-state index is 0.973. The Morgan fingerprint density at radius 1 is 0.340 bits per heavy atom. The zero-order valence-electron chi connectivity index (χ0n) is 25.3. The van der Waals surface area contributed by atoms with Gasteiger partial charge in [-0.2, -0.15) is 0 Å². The summed E-state index contributed by atoms with van der Waals surface area (Å²) in [7, 11) is 0. The zero-order chi connectivity index (χ0) is 30.6. The van der Waals surface area contributed by atoms with E-state index in [1.165, 1.54) is 54.4 Å². The fraction of sp³-hybridized carbons (Fsp3) is 0. The van der Waals surface area contributed by atoms with Crippen LogP contribution < -0.4 is 0 Å². The Hall–Kier alpha value is -6.39. The SMILES string of the molecule is c1ccc(-n2c3ccccc3c3ccc4c(c5ccc6c7ccccc7n(-c7ccccc7)c6c5c5nc6ccccc6n45)c32)cc1. The summed E-state index contributed by atoms with van der Waals surface area (Å²) >= 11 is 0. The maximum Gasteiger partial charge on any atom is 0.148 e. The van der Waals surface area contributed by atoms with Gasteiger partial charge in [-0.15, -0.1) is 0 Å². The maximum absolute atomic E-state index is 5.39. The highest BCUT2D eigenvalue weighted by Crippen LogP contribution is 2.45. The van der Waals surface area contributed by atoms with Gasteiger partial charge in [0.05, 0.1) is 44.0 Å². The number of aromatic nitrogens is 4. The van der Waals surface area contributed by atoms with Crippen molar-refractivity contribution in [3.63, 3.8) is 0 Å². The molecule has 0 saturated heterocycles. The summed E-state index contributed by atoms with van der Waals surface area (Å²) in [5.74, 6) is 0. The first-order chi connectivity index (χ1) is 23.4. The number of fused-ring (bicyclic) bond motifs is 16. The van der Waals surface area contributed by atoms with Crippen LogP contribution in [0.4, 0.5) is 0 Å². The quantitative estimate of drug-likeness (QED) is 0.182. The third kappa shape index (κ3) is 3.19. The third-order valence-corrected chi connectivity index (χ3v) is 9.97. The molecule has 4 heteroatoms. The predicted octanol–water partition coefficient (Wildman–Crippen LogP) is 11.0. The van der Waals surface area contributed by atoms with E-state index in [-0.39, 0.29) is 0 Å². The number of benzene rings is 7. The summed E-state index contributed by atoms with van der Waals surface area (Å²) in [6, 6.07) is 56.9. The van der Waals surface area contributed by atoms with Crippen molar-refractivity contribution in [1.29, 1.82) is 0 Å². The molecule has 47 heavy (non-hydrogen) atoms. The molecule has 0 fully saturated rings. The van der Waals surface area contributed by atoms with E-state index in [0.29, 0.717) is 0 Å². The van der Waals surface area contributed by atoms with Crippen LogP contribution in [-0.2, 0) is 0 Å². The molecule has 0 atom stereocenters. The topological polar surface area (TPSA) is 27.2 Å². The van der Waals surface area contributed by atoms with Crippen LogP contribution in [0.1, 0.15) is 0 Å². The minimum Gasteiger partial charge on any atom is -0.309 e. The van der Waals surface area contributed by atoms with Crippen molar-refractivity contribution in [2.75, 3.05) is 0 Å². The van der Waals surface area contributed by atoms with Gasteiger partial charge in [0.1, 0.15) is 5.65 Å². The molecule has 4 heterocycles. The van der Waals surface area contributed by atoms with Crippen LogP contribution in [0.2, 0.25) is 0 Å². The van der Waals surface area contributed by atoms with Gasteiger partial charge in [-0.1, -0.05) is 103 Å². The molecule has 0 aliphatic carbocycles. The fourth-order valence-corrected chi connectivity index (χ4v) is 8.12. The van der Waals surface area contributed by atoms with Gasteiger partial charge in [0.2, 0.25) is 0 Å². The van der Waals surface area contributed by atoms with Crippen molar-refractivity contribution in [2.24, 2.45) is 0 Å². The third-order valence-electron chi connectivity index (χ3n) is 9.97. The molecule has 0 radical (unpaired) electrons.